The van der Waals surface area contributed by atoms with Crippen LogP contribution in [0.3, 0.4) is 0 Å². The Hall–Kier alpha value is -3.48. The molecule has 4 heterocycles. The zero-order valence-corrected chi connectivity index (χ0v) is 15.7. The van der Waals surface area contributed by atoms with E-state index in [1.54, 1.807) is 23.3 Å². The van der Waals surface area contributed by atoms with E-state index in [9.17, 15) is 4.79 Å². The van der Waals surface area contributed by atoms with E-state index in [0.29, 0.717) is 11.3 Å². The van der Waals surface area contributed by atoms with Gasteiger partial charge in [0.2, 0.25) is 0 Å². The quantitative estimate of drug-likeness (QED) is 0.700. The summed E-state index contributed by atoms with van der Waals surface area (Å²) < 4.78 is 1.75. The highest BCUT2D eigenvalue weighted by Crippen LogP contribution is 2.36. The molecule has 0 aliphatic carbocycles. The molecule has 0 radical (unpaired) electrons. The monoisotopic (exact) mass is 360 g/mol. The molecule has 1 aliphatic heterocycles. The van der Waals surface area contributed by atoms with Crippen molar-refractivity contribution >= 4 is 23.0 Å². The van der Waals surface area contributed by atoms with Crippen LogP contribution < -0.4 is 10.6 Å². The molecule has 1 aliphatic rings. The molecule has 0 atom stereocenters. The third-order valence-corrected chi connectivity index (χ3v) is 4.66. The Morgan fingerprint density at radius 3 is 2.70 bits per heavy atom. The van der Waals surface area contributed by atoms with Crippen molar-refractivity contribution < 1.29 is 4.79 Å². The summed E-state index contributed by atoms with van der Waals surface area (Å²) in [6.45, 7) is 5.84. The van der Waals surface area contributed by atoms with Crippen LogP contribution in [0.1, 0.15) is 23.7 Å². The maximum atomic E-state index is 12.6. The lowest BCUT2D eigenvalue weighted by Crippen LogP contribution is -2.10. The van der Waals surface area contributed by atoms with E-state index >= 15 is 0 Å². The van der Waals surface area contributed by atoms with Crippen molar-refractivity contribution in [2.45, 2.75) is 20.8 Å². The molecule has 0 unspecified atom stereocenters. The summed E-state index contributed by atoms with van der Waals surface area (Å²) in [4.78, 5) is 21.3. The summed E-state index contributed by atoms with van der Waals surface area (Å²) in [5.41, 5.74) is 6.64. The van der Waals surface area contributed by atoms with Crippen LogP contribution in [0.4, 0.5) is 11.5 Å². The third kappa shape index (κ3) is 2.97. The van der Waals surface area contributed by atoms with Crippen LogP contribution in [-0.4, -0.2) is 25.7 Å². The van der Waals surface area contributed by atoms with Crippen molar-refractivity contribution in [1.82, 2.24) is 19.7 Å². The number of rotatable bonds is 3. The van der Waals surface area contributed by atoms with Crippen LogP contribution in [0.5, 0.6) is 0 Å². The van der Waals surface area contributed by atoms with Crippen LogP contribution in [0.25, 0.3) is 16.8 Å². The second kappa shape index (κ2) is 6.35. The number of carbonyl (C=O) groups is 1. The summed E-state index contributed by atoms with van der Waals surface area (Å²) in [6, 6.07) is 5.82. The van der Waals surface area contributed by atoms with Crippen molar-refractivity contribution in [3.8, 4) is 11.3 Å². The molecule has 27 heavy (non-hydrogen) atoms. The second-order valence-corrected chi connectivity index (χ2v) is 6.68. The molecule has 7 nitrogen and oxygen atoms in total. The highest BCUT2D eigenvalue weighted by Gasteiger charge is 2.27. The van der Waals surface area contributed by atoms with Gasteiger partial charge in [0, 0.05) is 42.3 Å². The van der Waals surface area contributed by atoms with Gasteiger partial charge in [0.05, 0.1) is 28.8 Å². The van der Waals surface area contributed by atoms with Gasteiger partial charge in [-0.15, -0.1) is 0 Å². The zero-order chi connectivity index (χ0) is 19.1. The first-order chi connectivity index (χ1) is 12.9. The smallest absolute Gasteiger partial charge is 0.258 e. The van der Waals surface area contributed by atoms with Crippen molar-refractivity contribution in [2.24, 2.45) is 7.05 Å². The van der Waals surface area contributed by atoms with Crippen LogP contribution in [0.15, 0.2) is 42.5 Å². The number of aryl methyl sites for hydroxylation is 3. The predicted octanol–water partition coefficient (Wildman–Crippen LogP) is 3.29. The lowest BCUT2D eigenvalue weighted by atomic mass is 10.0. The van der Waals surface area contributed by atoms with Crippen molar-refractivity contribution in [3.63, 3.8) is 0 Å². The number of hydrogen-bond acceptors (Lipinski definition) is 5. The predicted molar refractivity (Wildman–Crippen MR) is 105 cm³/mol. The summed E-state index contributed by atoms with van der Waals surface area (Å²) in [5.74, 6) is 0.687. The van der Waals surface area contributed by atoms with Gasteiger partial charge in [-0.25, -0.2) is 0 Å². The SMILES string of the molecule is CC(Nc1cc(C)nn1C)=C1C(=O)Nc2cnc(-c3cnccc3C)cc21. The molecule has 136 valence electrons. The van der Waals surface area contributed by atoms with Crippen LogP contribution >= 0.6 is 0 Å². The van der Waals surface area contributed by atoms with E-state index in [-0.39, 0.29) is 5.91 Å². The molecule has 0 aromatic carbocycles. The molecular weight excluding hydrogens is 340 g/mol. The summed E-state index contributed by atoms with van der Waals surface area (Å²) in [6.07, 6.45) is 5.25. The lowest BCUT2D eigenvalue weighted by molar-refractivity contribution is -0.110. The summed E-state index contributed by atoms with van der Waals surface area (Å²) >= 11 is 0. The van der Waals surface area contributed by atoms with Gasteiger partial charge in [0.25, 0.3) is 5.91 Å². The number of nitrogens with zero attached hydrogens (tertiary/aromatic N) is 4. The molecule has 0 saturated heterocycles. The molecule has 2 N–H and O–H groups in total. The largest absolute Gasteiger partial charge is 0.343 e. The Morgan fingerprint density at radius 2 is 2.00 bits per heavy atom. The molecule has 3 aromatic heterocycles. The normalized spacial score (nSPS) is 14.7. The Balaban J connectivity index is 1.79. The number of aromatic nitrogens is 4. The number of carbonyl (C=O) groups excluding carboxylic acids is 1. The Labute approximate surface area is 157 Å². The molecule has 1 amide bonds. The standard InChI is InChI=1S/C20H20N6O/c1-11-5-6-21-9-15(11)16-8-14-17(10-22-16)24-20(27)19(14)13(3)23-18-7-12(2)25-26(18)4/h5-10,23H,1-4H3,(H,24,27). The molecule has 7 heteroatoms. The maximum Gasteiger partial charge on any atom is 0.258 e. The van der Waals surface area contributed by atoms with Gasteiger partial charge in [-0.1, -0.05) is 0 Å². The van der Waals surface area contributed by atoms with E-state index in [0.717, 1.165) is 39.6 Å². The third-order valence-electron chi connectivity index (χ3n) is 4.66. The summed E-state index contributed by atoms with van der Waals surface area (Å²) in [7, 11) is 1.86. The first-order valence-corrected chi connectivity index (χ1v) is 8.65. The first-order valence-electron chi connectivity index (χ1n) is 8.65. The molecule has 4 rings (SSSR count). The number of nitrogens with one attached hydrogen (secondary N) is 2. The number of fused-ring (bicyclic) bond motifs is 1. The topological polar surface area (TPSA) is 84.7 Å². The fraction of sp³-hybridized carbons (Fsp3) is 0.200. The minimum Gasteiger partial charge on any atom is -0.343 e. The fourth-order valence-corrected chi connectivity index (χ4v) is 3.30. The van der Waals surface area contributed by atoms with Gasteiger partial charge >= 0.3 is 0 Å². The van der Waals surface area contributed by atoms with Crippen LogP contribution in [0, 0.1) is 13.8 Å². The van der Waals surface area contributed by atoms with Crippen molar-refractivity contribution in [1.29, 1.82) is 0 Å². The Morgan fingerprint density at radius 1 is 1.19 bits per heavy atom. The number of hydrogen-bond donors (Lipinski definition) is 2. The maximum absolute atomic E-state index is 12.6. The molecule has 0 spiro atoms. The van der Waals surface area contributed by atoms with Gasteiger partial charge in [0.15, 0.2) is 0 Å². The highest BCUT2D eigenvalue weighted by molar-refractivity contribution is 6.32. The highest BCUT2D eigenvalue weighted by atomic mass is 16.2. The fourth-order valence-electron chi connectivity index (χ4n) is 3.30. The van der Waals surface area contributed by atoms with Crippen molar-refractivity contribution in [3.05, 3.63) is 59.3 Å². The lowest BCUT2D eigenvalue weighted by Gasteiger charge is -2.10. The second-order valence-electron chi connectivity index (χ2n) is 6.68. The molecule has 0 bridgehead atoms. The van der Waals surface area contributed by atoms with Gasteiger partial charge in [-0.05, 0) is 38.5 Å². The Kier molecular flexibility index (Phi) is 3.99. The van der Waals surface area contributed by atoms with Gasteiger partial charge < -0.3 is 10.6 Å². The number of anilines is 2. The van der Waals surface area contributed by atoms with E-state index < -0.39 is 0 Å². The van der Waals surface area contributed by atoms with E-state index in [2.05, 4.69) is 25.7 Å². The van der Waals surface area contributed by atoms with E-state index in [4.69, 9.17) is 0 Å². The average molecular weight is 360 g/mol. The van der Waals surface area contributed by atoms with Crippen LogP contribution in [0.2, 0.25) is 0 Å². The molecule has 0 fully saturated rings. The van der Waals surface area contributed by atoms with E-state index in [1.165, 1.54) is 0 Å². The molecule has 3 aromatic rings. The van der Waals surface area contributed by atoms with E-state index in [1.807, 2.05) is 46.0 Å². The number of pyridine rings is 2. The minimum absolute atomic E-state index is 0.143. The number of allylic oxidation sites excluding steroid dienone is 1. The minimum atomic E-state index is -0.143. The van der Waals surface area contributed by atoms with Gasteiger partial charge in [0.1, 0.15) is 5.82 Å². The van der Waals surface area contributed by atoms with Crippen LogP contribution in [-0.2, 0) is 11.8 Å². The average Bonchev–Trinajstić information content (AvgIpc) is 3.12. The first kappa shape index (κ1) is 17.0. The van der Waals surface area contributed by atoms with Gasteiger partial charge in [-0.2, -0.15) is 5.10 Å². The molecule has 0 saturated carbocycles. The zero-order valence-electron chi connectivity index (χ0n) is 15.7. The van der Waals surface area contributed by atoms with Crippen molar-refractivity contribution in [2.75, 3.05) is 10.6 Å². The van der Waals surface area contributed by atoms with Gasteiger partial charge in [-0.3, -0.25) is 19.4 Å². The molecular formula is C20H20N6O. The summed E-state index contributed by atoms with van der Waals surface area (Å²) in [5, 5.41) is 10.5. The number of amides is 1. The Bertz CT molecular complexity index is 1100.